The number of rotatable bonds is 8. The molecule has 0 atom stereocenters. The fourth-order valence-corrected chi connectivity index (χ4v) is 4.79. The van der Waals surface area contributed by atoms with E-state index in [4.69, 9.17) is 4.74 Å². The van der Waals surface area contributed by atoms with Crippen molar-refractivity contribution in [3.8, 4) is 10.4 Å². The lowest BCUT2D eigenvalue weighted by molar-refractivity contribution is -0.144. The van der Waals surface area contributed by atoms with E-state index in [0.29, 0.717) is 16.4 Å². The first-order valence-corrected chi connectivity index (χ1v) is 12.2. The van der Waals surface area contributed by atoms with E-state index in [9.17, 15) is 22.8 Å². The molecule has 0 aliphatic rings. The maximum atomic E-state index is 13.7. The highest BCUT2D eigenvalue weighted by Crippen LogP contribution is 2.38. The first-order valence-electron chi connectivity index (χ1n) is 11.4. The molecule has 0 unspecified atom stereocenters. The highest BCUT2D eigenvalue weighted by atomic mass is 32.1. The second-order valence-electron chi connectivity index (χ2n) is 8.59. The van der Waals surface area contributed by atoms with E-state index in [1.165, 1.54) is 24.0 Å². The van der Waals surface area contributed by atoms with Crippen molar-refractivity contribution in [3.63, 3.8) is 0 Å². The Hall–Kier alpha value is -3.86. The zero-order valence-corrected chi connectivity index (χ0v) is 21.2. The van der Waals surface area contributed by atoms with Crippen molar-refractivity contribution in [2.45, 2.75) is 19.5 Å². The van der Waals surface area contributed by atoms with Gasteiger partial charge in [-0.1, -0.05) is 41.7 Å². The van der Waals surface area contributed by atoms with E-state index in [1.807, 2.05) is 30.5 Å². The third-order valence-electron chi connectivity index (χ3n) is 5.69. The number of H-pyrrole nitrogens is 1. The molecule has 0 aliphatic heterocycles. The number of aromatic nitrogens is 2. The molecule has 0 fully saturated rings. The van der Waals surface area contributed by atoms with Gasteiger partial charge in [0.1, 0.15) is 5.69 Å². The van der Waals surface area contributed by atoms with Crippen LogP contribution in [0.1, 0.15) is 28.5 Å². The highest BCUT2D eigenvalue weighted by Gasteiger charge is 2.32. The average Bonchev–Trinajstić information content (AvgIpc) is 3.48. The third-order valence-corrected chi connectivity index (χ3v) is 6.96. The zero-order chi connectivity index (χ0) is 26.7. The van der Waals surface area contributed by atoms with Crippen molar-refractivity contribution in [2.24, 2.45) is 0 Å². The molecule has 4 rings (SSSR count). The first kappa shape index (κ1) is 26.2. The molecule has 0 spiro atoms. The second kappa shape index (κ2) is 10.6. The number of ether oxygens (including phenoxy) is 1. The zero-order valence-electron chi connectivity index (χ0n) is 20.4. The Labute approximate surface area is 215 Å². The van der Waals surface area contributed by atoms with Crippen LogP contribution in [0, 0.1) is 0 Å². The maximum Gasteiger partial charge on any atom is 0.416 e. The maximum absolute atomic E-state index is 13.7. The smallest absolute Gasteiger partial charge is 0.416 e. The Balaban J connectivity index is 1.69. The van der Waals surface area contributed by atoms with Gasteiger partial charge in [-0.25, -0.2) is 4.98 Å². The van der Waals surface area contributed by atoms with Gasteiger partial charge in [-0.05, 0) is 35.7 Å². The van der Waals surface area contributed by atoms with Crippen molar-refractivity contribution < 1.29 is 27.5 Å². The van der Waals surface area contributed by atoms with Crippen LogP contribution in [-0.2, 0) is 22.1 Å². The molecule has 1 N–H and O–H groups in total. The molecule has 2 aromatic carbocycles. The fourth-order valence-electron chi connectivity index (χ4n) is 3.81. The van der Waals surface area contributed by atoms with E-state index in [1.54, 1.807) is 19.0 Å². The summed E-state index contributed by atoms with van der Waals surface area (Å²) in [5.74, 6) is -1.10. The number of halogens is 3. The molecule has 0 saturated heterocycles. The summed E-state index contributed by atoms with van der Waals surface area (Å²) in [7, 11) is 3.47. The van der Waals surface area contributed by atoms with E-state index in [-0.39, 0.29) is 24.5 Å². The molecule has 2 heterocycles. The van der Waals surface area contributed by atoms with E-state index in [0.717, 1.165) is 39.9 Å². The number of thiazole rings is 1. The number of anilines is 1. The molecule has 0 saturated carbocycles. The normalized spacial score (nSPS) is 11.5. The first-order chi connectivity index (χ1) is 17.5. The van der Waals surface area contributed by atoms with Crippen LogP contribution in [0.2, 0.25) is 0 Å². The minimum absolute atomic E-state index is 0.000830. The van der Waals surface area contributed by atoms with E-state index in [2.05, 4.69) is 9.97 Å². The van der Waals surface area contributed by atoms with Crippen LogP contribution in [-0.4, -0.2) is 54.1 Å². The van der Waals surface area contributed by atoms with Crippen molar-refractivity contribution >= 4 is 39.2 Å². The molecular weight excluding hydrogens is 505 g/mol. The molecular formula is C26H25F3N4O3S. The van der Waals surface area contributed by atoms with Gasteiger partial charge >= 0.3 is 12.1 Å². The van der Waals surface area contributed by atoms with Crippen LogP contribution in [0.5, 0.6) is 0 Å². The number of hydrogen-bond donors (Lipinski definition) is 1. The number of amides is 1. The lowest BCUT2D eigenvalue weighted by Crippen LogP contribution is -2.36. The molecule has 1 amide bonds. The minimum atomic E-state index is -4.53. The largest absolute Gasteiger partial charge is 0.444 e. The van der Waals surface area contributed by atoms with Crippen LogP contribution in [0.3, 0.4) is 0 Å². The van der Waals surface area contributed by atoms with Gasteiger partial charge in [0.25, 0.3) is 5.91 Å². The van der Waals surface area contributed by atoms with Gasteiger partial charge in [-0.15, -0.1) is 0 Å². The minimum Gasteiger partial charge on any atom is -0.444 e. The summed E-state index contributed by atoms with van der Waals surface area (Å²) in [5, 5.41) is 1.47. The molecule has 4 aromatic rings. The van der Waals surface area contributed by atoms with Crippen LogP contribution in [0.15, 0.2) is 54.7 Å². The summed E-state index contributed by atoms with van der Waals surface area (Å²) in [6.07, 6.45) is -2.21. The van der Waals surface area contributed by atoms with Crippen molar-refractivity contribution in [2.75, 3.05) is 32.3 Å². The van der Waals surface area contributed by atoms with Gasteiger partial charge in [0.15, 0.2) is 11.9 Å². The number of carbonyl (C=O) groups is 2. The summed E-state index contributed by atoms with van der Waals surface area (Å²) in [6, 6.07) is 12.5. The number of fused-ring (bicyclic) bond motifs is 1. The number of carbonyl (C=O) groups excluding carboxylic acids is 2. The molecule has 0 aliphatic carbocycles. The summed E-state index contributed by atoms with van der Waals surface area (Å²) in [5.41, 5.74) is 1.34. The van der Waals surface area contributed by atoms with Gasteiger partial charge in [-0.3, -0.25) is 9.59 Å². The van der Waals surface area contributed by atoms with Crippen molar-refractivity contribution in [1.29, 1.82) is 0 Å². The summed E-state index contributed by atoms with van der Waals surface area (Å²) in [4.78, 5) is 36.2. The van der Waals surface area contributed by atoms with Gasteiger partial charge in [-0.2, -0.15) is 13.2 Å². The predicted molar refractivity (Wildman–Crippen MR) is 137 cm³/mol. The highest BCUT2D eigenvalue weighted by molar-refractivity contribution is 7.19. The lowest BCUT2D eigenvalue weighted by Gasteiger charge is -2.22. The number of aromatic amines is 1. The second-order valence-corrected chi connectivity index (χ2v) is 9.57. The topological polar surface area (TPSA) is 78.5 Å². The monoisotopic (exact) mass is 530 g/mol. The molecule has 2 aromatic heterocycles. The number of alkyl halides is 3. The van der Waals surface area contributed by atoms with Crippen LogP contribution in [0.4, 0.5) is 18.3 Å². The molecule has 11 heteroatoms. The standard InChI is InChI=1S/C26H25F3N4O3S/c1-16(34)36-15-33(12-11-18-14-30-21-10-5-4-9-20(18)21)24(35)22-23(37-25(31-22)32(2)3)17-7-6-8-19(13-17)26(27,28)29/h4-10,13-14,30H,11-12,15H2,1-3H3. The SMILES string of the molecule is CC(=O)OCN(CCc1c[nH]c2ccccc12)C(=O)c1nc(N(C)C)sc1-c1cccc(C(F)(F)F)c1. The van der Waals surface area contributed by atoms with Gasteiger partial charge in [0.05, 0.1) is 10.4 Å². The van der Waals surface area contributed by atoms with Crippen molar-refractivity contribution in [1.82, 2.24) is 14.9 Å². The van der Waals surface area contributed by atoms with Crippen molar-refractivity contribution in [3.05, 3.63) is 71.5 Å². The summed E-state index contributed by atoms with van der Waals surface area (Å²) >= 11 is 1.12. The Morgan fingerprint density at radius 3 is 2.57 bits per heavy atom. The van der Waals surface area contributed by atoms with Gasteiger partial charge in [0.2, 0.25) is 0 Å². The lowest BCUT2D eigenvalue weighted by atomic mass is 10.1. The Bertz CT molecular complexity index is 1430. The van der Waals surface area contributed by atoms with Gasteiger partial charge in [0, 0.05) is 44.7 Å². The molecule has 37 heavy (non-hydrogen) atoms. The number of esters is 1. The summed E-state index contributed by atoms with van der Waals surface area (Å²) < 4.78 is 45.3. The number of hydrogen-bond acceptors (Lipinski definition) is 6. The van der Waals surface area contributed by atoms with E-state index < -0.39 is 23.6 Å². The Kier molecular flexibility index (Phi) is 7.53. The quantitative estimate of drug-likeness (QED) is 0.238. The summed E-state index contributed by atoms with van der Waals surface area (Å²) in [6.45, 7) is 1.13. The number of benzene rings is 2. The number of para-hydroxylation sites is 1. The van der Waals surface area contributed by atoms with Crippen LogP contribution >= 0.6 is 11.3 Å². The molecule has 194 valence electrons. The Morgan fingerprint density at radius 2 is 1.86 bits per heavy atom. The average molecular weight is 531 g/mol. The predicted octanol–water partition coefficient (Wildman–Crippen LogP) is 5.58. The van der Waals surface area contributed by atoms with E-state index >= 15 is 0 Å². The van der Waals surface area contributed by atoms with Crippen LogP contribution < -0.4 is 4.90 Å². The Morgan fingerprint density at radius 1 is 1.11 bits per heavy atom. The van der Waals surface area contributed by atoms with Gasteiger partial charge < -0.3 is 19.5 Å². The fraction of sp³-hybridized carbons (Fsp3) is 0.269. The molecule has 0 radical (unpaired) electrons. The third kappa shape index (κ3) is 5.93. The molecule has 0 bridgehead atoms. The van der Waals surface area contributed by atoms with Crippen LogP contribution in [0.25, 0.3) is 21.3 Å². The molecule has 7 nitrogen and oxygen atoms in total. The number of nitrogens with zero attached hydrogens (tertiary/aromatic N) is 3. The number of nitrogens with one attached hydrogen (secondary N) is 1.